The van der Waals surface area contributed by atoms with Crippen molar-refractivity contribution < 1.29 is 5.21 Å². The topological polar surface area (TPSA) is 70.6 Å². The van der Waals surface area contributed by atoms with E-state index in [0.717, 1.165) is 12.5 Å². The van der Waals surface area contributed by atoms with Crippen molar-refractivity contribution in [1.29, 1.82) is 0 Å². The van der Waals surface area contributed by atoms with Crippen molar-refractivity contribution in [2.45, 2.75) is 51.5 Å². The summed E-state index contributed by atoms with van der Waals surface area (Å²) in [5.41, 5.74) is 5.42. The summed E-state index contributed by atoms with van der Waals surface area (Å²) in [4.78, 5) is 0. The summed E-state index contributed by atoms with van der Waals surface area (Å²) >= 11 is 0. The molecule has 0 radical (unpaired) electrons. The maximum Gasteiger partial charge on any atom is 0.140 e. The zero-order valence-electron chi connectivity index (χ0n) is 9.58. The molecule has 2 atom stereocenters. The maximum absolute atomic E-state index is 8.41. The van der Waals surface area contributed by atoms with Crippen molar-refractivity contribution in [3.05, 3.63) is 0 Å². The van der Waals surface area contributed by atoms with Crippen LogP contribution < -0.4 is 11.1 Å². The summed E-state index contributed by atoms with van der Waals surface area (Å²) in [7, 11) is 0. The van der Waals surface area contributed by atoms with E-state index >= 15 is 0 Å². The van der Waals surface area contributed by atoms with Crippen molar-refractivity contribution in [3.63, 3.8) is 0 Å². The van der Waals surface area contributed by atoms with Gasteiger partial charge >= 0.3 is 0 Å². The number of nitrogens with zero attached hydrogens (tertiary/aromatic N) is 1. The smallest absolute Gasteiger partial charge is 0.140 e. The molecule has 0 aromatic carbocycles. The van der Waals surface area contributed by atoms with Crippen LogP contribution in [0.5, 0.6) is 0 Å². The fraction of sp³-hybridized carbons (Fsp3) is 0.909. The van der Waals surface area contributed by atoms with Crippen molar-refractivity contribution in [1.82, 2.24) is 5.32 Å². The van der Waals surface area contributed by atoms with Crippen LogP contribution >= 0.6 is 0 Å². The average Bonchev–Trinajstić information content (AvgIpc) is 2.29. The van der Waals surface area contributed by atoms with E-state index in [-0.39, 0.29) is 0 Å². The Balaban J connectivity index is 2.23. The number of hydrogen-bond donors (Lipinski definition) is 3. The number of oxime groups is 1. The summed E-state index contributed by atoms with van der Waals surface area (Å²) in [6, 6.07) is 0.634. The third kappa shape index (κ3) is 4.08. The Kier molecular flexibility index (Phi) is 5.47. The fourth-order valence-corrected chi connectivity index (χ4v) is 2.40. The molecule has 88 valence electrons. The van der Waals surface area contributed by atoms with Crippen LogP contribution in [0.2, 0.25) is 0 Å². The molecular formula is C11H23N3O. The fourth-order valence-electron chi connectivity index (χ4n) is 2.40. The van der Waals surface area contributed by atoms with Gasteiger partial charge in [-0.15, -0.1) is 0 Å². The molecule has 1 aliphatic rings. The number of amidine groups is 1. The maximum atomic E-state index is 8.41. The van der Waals surface area contributed by atoms with Gasteiger partial charge in [-0.2, -0.15) is 0 Å². The SMILES string of the molecule is CCC1CCCCC1NCCC(N)=NO. The second-order valence-electron chi connectivity index (χ2n) is 4.35. The molecule has 1 rings (SSSR count). The van der Waals surface area contributed by atoms with Gasteiger partial charge in [0.25, 0.3) is 0 Å². The summed E-state index contributed by atoms with van der Waals surface area (Å²) in [6.07, 6.45) is 7.20. The Hall–Kier alpha value is -0.770. The van der Waals surface area contributed by atoms with Crippen molar-refractivity contribution >= 4 is 5.84 Å². The van der Waals surface area contributed by atoms with E-state index in [1.165, 1.54) is 32.1 Å². The van der Waals surface area contributed by atoms with Crippen LogP contribution in [0.15, 0.2) is 5.16 Å². The second kappa shape index (κ2) is 6.67. The first-order valence-corrected chi connectivity index (χ1v) is 5.97. The van der Waals surface area contributed by atoms with Gasteiger partial charge in [-0.3, -0.25) is 0 Å². The molecule has 4 heteroatoms. The molecular weight excluding hydrogens is 190 g/mol. The summed E-state index contributed by atoms with van der Waals surface area (Å²) in [5.74, 6) is 1.12. The van der Waals surface area contributed by atoms with Crippen LogP contribution in [0, 0.1) is 5.92 Å². The minimum atomic E-state index is 0.311. The van der Waals surface area contributed by atoms with E-state index in [1.54, 1.807) is 0 Å². The standard InChI is InChI=1S/C11H23N3O/c1-2-9-5-3-4-6-10(9)13-8-7-11(12)14-15/h9-10,13,15H,2-8H2,1H3,(H2,12,14). The largest absolute Gasteiger partial charge is 0.409 e. The minimum absolute atomic E-state index is 0.311. The molecule has 0 saturated heterocycles. The van der Waals surface area contributed by atoms with Gasteiger partial charge in [0.2, 0.25) is 0 Å². The Morgan fingerprint density at radius 3 is 2.87 bits per heavy atom. The van der Waals surface area contributed by atoms with E-state index in [9.17, 15) is 0 Å². The summed E-state index contributed by atoms with van der Waals surface area (Å²) in [6.45, 7) is 3.07. The Morgan fingerprint density at radius 2 is 2.20 bits per heavy atom. The minimum Gasteiger partial charge on any atom is -0.409 e. The number of nitrogens with one attached hydrogen (secondary N) is 1. The number of nitrogens with two attached hydrogens (primary N) is 1. The first-order chi connectivity index (χ1) is 7.27. The van der Waals surface area contributed by atoms with Gasteiger partial charge in [-0.25, -0.2) is 0 Å². The zero-order valence-corrected chi connectivity index (χ0v) is 9.58. The van der Waals surface area contributed by atoms with E-state index in [2.05, 4.69) is 17.4 Å². The molecule has 15 heavy (non-hydrogen) atoms. The zero-order chi connectivity index (χ0) is 11.1. The highest BCUT2D eigenvalue weighted by Gasteiger charge is 2.22. The lowest BCUT2D eigenvalue weighted by molar-refractivity contribution is 0.257. The van der Waals surface area contributed by atoms with Crippen LogP contribution in [0.25, 0.3) is 0 Å². The molecule has 0 heterocycles. The first-order valence-electron chi connectivity index (χ1n) is 5.97. The lowest BCUT2D eigenvalue weighted by Crippen LogP contribution is -2.39. The molecule has 1 aliphatic carbocycles. The van der Waals surface area contributed by atoms with E-state index in [0.29, 0.717) is 18.3 Å². The highest BCUT2D eigenvalue weighted by atomic mass is 16.4. The third-order valence-electron chi connectivity index (χ3n) is 3.35. The predicted molar refractivity (Wildman–Crippen MR) is 62.1 cm³/mol. The third-order valence-corrected chi connectivity index (χ3v) is 3.35. The molecule has 0 amide bonds. The van der Waals surface area contributed by atoms with Gasteiger partial charge in [0.05, 0.1) is 0 Å². The quantitative estimate of drug-likeness (QED) is 0.282. The van der Waals surface area contributed by atoms with Crippen molar-refractivity contribution in [2.75, 3.05) is 6.54 Å². The Morgan fingerprint density at radius 1 is 1.47 bits per heavy atom. The summed E-state index contributed by atoms with van der Waals surface area (Å²) < 4.78 is 0. The Bertz CT molecular complexity index is 206. The molecule has 0 aliphatic heterocycles. The van der Waals surface area contributed by atoms with E-state index in [1.807, 2.05) is 0 Å². The van der Waals surface area contributed by atoms with Gasteiger partial charge < -0.3 is 16.3 Å². The Labute approximate surface area is 91.9 Å². The second-order valence-corrected chi connectivity index (χ2v) is 4.35. The number of rotatable bonds is 5. The molecule has 0 spiro atoms. The van der Waals surface area contributed by atoms with Gasteiger partial charge in [0.15, 0.2) is 0 Å². The van der Waals surface area contributed by atoms with Crippen LogP contribution in [-0.2, 0) is 0 Å². The van der Waals surface area contributed by atoms with Crippen LogP contribution in [0.3, 0.4) is 0 Å². The molecule has 2 unspecified atom stereocenters. The van der Waals surface area contributed by atoms with Crippen molar-refractivity contribution in [2.24, 2.45) is 16.8 Å². The monoisotopic (exact) mass is 213 g/mol. The predicted octanol–water partition coefficient (Wildman–Crippen LogP) is 1.68. The van der Waals surface area contributed by atoms with Crippen LogP contribution in [0.4, 0.5) is 0 Å². The molecule has 1 fully saturated rings. The van der Waals surface area contributed by atoms with E-state index < -0.39 is 0 Å². The van der Waals surface area contributed by atoms with Crippen LogP contribution in [0.1, 0.15) is 45.4 Å². The van der Waals surface area contributed by atoms with Gasteiger partial charge in [0.1, 0.15) is 5.84 Å². The van der Waals surface area contributed by atoms with Gasteiger partial charge in [-0.1, -0.05) is 31.3 Å². The number of hydrogen-bond acceptors (Lipinski definition) is 3. The molecule has 0 aromatic heterocycles. The lowest BCUT2D eigenvalue weighted by Gasteiger charge is -2.31. The lowest BCUT2D eigenvalue weighted by atomic mass is 9.83. The molecule has 4 nitrogen and oxygen atoms in total. The van der Waals surface area contributed by atoms with Gasteiger partial charge in [0, 0.05) is 19.0 Å². The molecule has 0 aromatic rings. The summed E-state index contributed by atoms with van der Waals surface area (Å²) in [5, 5.41) is 14.9. The van der Waals surface area contributed by atoms with E-state index in [4.69, 9.17) is 10.9 Å². The molecule has 1 saturated carbocycles. The highest BCUT2D eigenvalue weighted by molar-refractivity contribution is 5.79. The first kappa shape index (κ1) is 12.3. The van der Waals surface area contributed by atoms with Crippen molar-refractivity contribution in [3.8, 4) is 0 Å². The normalized spacial score (nSPS) is 27.9. The highest BCUT2D eigenvalue weighted by Crippen LogP contribution is 2.26. The van der Waals surface area contributed by atoms with Gasteiger partial charge in [-0.05, 0) is 18.8 Å². The molecule has 0 bridgehead atoms. The van der Waals surface area contributed by atoms with Crippen LogP contribution in [-0.4, -0.2) is 23.6 Å². The average molecular weight is 213 g/mol. The molecule has 4 N–H and O–H groups in total.